The highest BCUT2D eigenvalue weighted by molar-refractivity contribution is 7.93. The number of nitrogens with one attached hydrogen (secondary N) is 1. The lowest BCUT2D eigenvalue weighted by molar-refractivity contribution is 0.414. The molecule has 0 radical (unpaired) electrons. The third kappa shape index (κ3) is 3.74. The number of halogens is 1. The molecule has 1 fully saturated rings. The molecular formula is C16H17ClN2O5S2. The Morgan fingerprint density at radius 3 is 2.58 bits per heavy atom. The molecule has 0 unspecified atom stereocenters. The maximum atomic E-state index is 12.6. The van der Waals surface area contributed by atoms with Crippen LogP contribution in [0.5, 0.6) is 5.75 Å². The first kappa shape index (κ1) is 18.8. The predicted molar refractivity (Wildman–Crippen MR) is 101 cm³/mol. The summed E-state index contributed by atoms with van der Waals surface area (Å²) in [5, 5.41) is 0.173. The van der Waals surface area contributed by atoms with Crippen LogP contribution in [-0.2, 0) is 20.0 Å². The molecule has 0 bridgehead atoms. The fourth-order valence-electron chi connectivity index (χ4n) is 2.68. The van der Waals surface area contributed by atoms with Gasteiger partial charge in [-0.1, -0.05) is 17.7 Å². The van der Waals surface area contributed by atoms with Gasteiger partial charge in [-0.05, 0) is 42.8 Å². The Bertz CT molecular complexity index is 1040. The summed E-state index contributed by atoms with van der Waals surface area (Å²) in [4.78, 5) is -0.0255. The van der Waals surface area contributed by atoms with E-state index in [1.165, 1.54) is 35.7 Å². The molecule has 0 aromatic heterocycles. The SMILES string of the molecule is COc1ccc(S(=O)(=O)Nc2cccc(N3CCCS3(=O)=O)c2)cc1Cl. The molecule has 1 aliphatic heterocycles. The van der Waals surface area contributed by atoms with Crippen LogP contribution in [0, 0.1) is 0 Å². The van der Waals surface area contributed by atoms with Crippen molar-refractivity contribution in [1.29, 1.82) is 0 Å². The molecule has 10 heteroatoms. The van der Waals surface area contributed by atoms with E-state index < -0.39 is 20.0 Å². The molecule has 1 N–H and O–H groups in total. The lowest BCUT2D eigenvalue weighted by atomic mass is 10.3. The van der Waals surface area contributed by atoms with Crippen LogP contribution in [0.1, 0.15) is 6.42 Å². The Kier molecular flexibility index (Phi) is 5.05. The number of rotatable bonds is 5. The second-order valence-corrected chi connectivity index (χ2v) is 9.80. The molecule has 2 aromatic carbocycles. The average Bonchev–Trinajstić information content (AvgIpc) is 2.94. The third-order valence-corrected chi connectivity index (χ3v) is 7.46. The van der Waals surface area contributed by atoms with Crippen LogP contribution in [-0.4, -0.2) is 36.2 Å². The number of hydrogen-bond donors (Lipinski definition) is 1. The number of sulfonamides is 2. The standard InChI is InChI=1S/C16H17ClN2O5S2/c1-24-16-7-6-14(11-15(16)17)26(22,23)18-12-4-2-5-13(10-12)19-8-3-9-25(19,20)21/h2,4-7,10-11,18H,3,8-9H2,1H3. The van der Waals surface area contributed by atoms with Crippen molar-refractivity contribution < 1.29 is 21.6 Å². The molecule has 3 rings (SSSR count). The van der Waals surface area contributed by atoms with Gasteiger partial charge < -0.3 is 4.74 Å². The normalized spacial score (nSPS) is 16.5. The number of ether oxygens (including phenoxy) is 1. The minimum Gasteiger partial charge on any atom is -0.495 e. The first-order chi connectivity index (χ1) is 12.2. The fraction of sp³-hybridized carbons (Fsp3) is 0.250. The van der Waals surface area contributed by atoms with Gasteiger partial charge in [0.15, 0.2) is 0 Å². The molecule has 2 aromatic rings. The van der Waals surface area contributed by atoms with E-state index in [4.69, 9.17) is 16.3 Å². The van der Waals surface area contributed by atoms with Crippen LogP contribution < -0.4 is 13.8 Å². The van der Waals surface area contributed by atoms with E-state index in [9.17, 15) is 16.8 Å². The first-order valence-corrected chi connectivity index (χ1v) is 11.2. The van der Waals surface area contributed by atoms with Crippen molar-refractivity contribution in [2.24, 2.45) is 0 Å². The summed E-state index contributed by atoms with van der Waals surface area (Å²) < 4.78 is 58.0. The van der Waals surface area contributed by atoms with Crippen molar-refractivity contribution >= 4 is 43.0 Å². The molecule has 0 spiro atoms. The molecule has 140 valence electrons. The average molecular weight is 417 g/mol. The minimum absolute atomic E-state index is 0.0255. The zero-order chi connectivity index (χ0) is 18.9. The van der Waals surface area contributed by atoms with Gasteiger partial charge in [-0.25, -0.2) is 16.8 Å². The van der Waals surface area contributed by atoms with E-state index in [2.05, 4.69) is 4.72 Å². The van der Waals surface area contributed by atoms with E-state index >= 15 is 0 Å². The van der Waals surface area contributed by atoms with Gasteiger partial charge in [0.2, 0.25) is 10.0 Å². The topological polar surface area (TPSA) is 92.8 Å². The second kappa shape index (κ2) is 6.98. The second-order valence-electron chi connectivity index (χ2n) is 5.69. The Morgan fingerprint density at radius 2 is 1.96 bits per heavy atom. The summed E-state index contributed by atoms with van der Waals surface area (Å²) in [5.74, 6) is 0.458. The molecule has 0 saturated carbocycles. The zero-order valence-electron chi connectivity index (χ0n) is 13.8. The van der Waals surface area contributed by atoms with Gasteiger partial charge in [-0.15, -0.1) is 0 Å². The van der Waals surface area contributed by atoms with Crippen LogP contribution in [0.25, 0.3) is 0 Å². The van der Waals surface area contributed by atoms with Crippen LogP contribution in [0.3, 0.4) is 0 Å². The van der Waals surface area contributed by atoms with Crippen LogP contribution in [0.4, 0.5) is 11.4 Å². The van der Waals surface area contributed by atoms with Gasteiger partial charge in [0, 0.05) is 6.54 Å². The van der Waals surface area contributed by atoms with E-state index in [1.54, 1.807) is 18.2 Å². The summed E-state index contributed by atoms with van der Waals surface area (Å²) >= 11 is 5.99. The van der Waals surface area contributed by atoms with Crippen molar-refractivity contribution in [1.82, 2.24) is 0 Å². The summed E-state index contributed by atoms with van der Waals surface area (Å²) in [5.41, 5.74) is 0.687. The summed E-state index contributed by atoms with van der Waals surface area (Å²) in [7, 11) is -5.79. The van der Waals surface area contributed by atoms with Gasteiger partial charge in [-0.3, -0.25) is 9.03 Å². The van der Waals surface area contributed by atoms with Crippen molar-refractivity contribution in [3.8, 4) is 5.75 Å². The summed E-state index contributed by atoms with van der Waals surface area (Å²) in [6.07, 6.45) is 0.544. The van der Waals surface area contributed by atoms with Crippen molar-refractivity contribution in [3.05, 3.63) is 47.5 Å². The lowest BCUT2D eigenvalue weighted by Gasteiger charge is -2.18. The van der Waals surface area contributed by atoms with E-state index in [1.807, 2.05) is 0 Å². The maximum absolute atomic E-state index is 12.6. The number of anilines is 2. The highest BCUT2D eigenvalue weighted by Gasteiger charge is 2.28. The Morgan fingerprint density at radius 1 is 1.19 bits per heavy atom. The van der Waals surface area contributed by atoms with Crippen LogP contribution in [0.15, 0.2) is 47.4 Å². The van der Waals surface area contributed by atoms with E-state index in [0.717, 1.165) is 0 Å². The summed E-state index contributed by atoms with van der Waals surface area (Å²) in [6.45, 7) is 0.382. The monoisotopic (exact) mass is 416 g/mol. The highest BCUT2D eigenvalue weighted by atomic mass is 35.5. The first-order valence-electron chi connectivity index (χ1n) is 7.70. The maximum Gasteiger partial charge on any atom is 0.261 e. The molecule has 0 amide bonds. The predicted octanol–water partition coefficient (Wildman–Crippen LogP) is 2.69. The minimum atomic E-state index is -3.89. The van der Waals surface area contributed by atoms with Gasteiger partial charge in [0.05, 0.1) is 34.2 Å². The Balaban J connectivity index is 1.89. The molecule has 7 nitrogen and oxygen atoms in total. The van der Waals surface area contributed by atoms with E-state index in [-0.39, 0.29) is 21.4 Å². The molecule has 26 heavy (non-hydrogen) atoms. The van der Waals surface area contributed by atoms with Crippen molar-refractivity contribution in [2.45, 2.75) is 11.3 Å². The molecule has 1 saturated heterocycles. The molecule has 0 aliphatic carbocycles. The number of nitrogens with zero attached hydrogens (tertiary/aromatic N) is 1. The van der Waals surface area contributed by atoms with Gasteiger partial charge >= 0.3 is 0 Å². The van der Waals surface area contributed by atoms with Crippen molar-refractivity contribution in [2.75, 3.05) is 28.4 Å². The number of hydrogen-bond acceptors (Lipinski definition) is 5. The number of methoxy groups -OCH3 is 1. The molecule has 1 aliphatic rings. The largest absolute Gasteiger partial charge is 0.495 e. The van der Waals surface area contributed by atoms with Crippen molar-refractivity contribution in [3.63, 3.8) is 0 Å². The molecular weight excluding hydrogens is 400 g/mol. The summed E-state index contributed by atoms with van der Waals surface area (Å²) in [6, 6.07) is 10.4. The van der Waals surface area contributed by atoms with Crippen LogP contribution >= 0.6 is 11.6 Å². The lowest BCUT2D eigenvalue weighted by Crippen LogP contribution is -2.25. The highest BCUT2D eigenvalue weighted by Crippen LogP contribution is 2.30. The van der Waals surface area contributed by atoms with Crippen LogP contribution in [0.2, 0.25) is 5.02 Å². The third-order valence-electron chi connectivity index (χ3n) is 3.92. The number of benzene rings is 2. The van der Waals surface area contributed by atoms with Gasteiger partial charge in [0.25, 0.3) is 10.0 Å². The van der Waals surface area contributed by atoms with E-state index in [0.29, 0.717) is 24.4 Å². The molecule has 0 atom stereocenters. The quantitative estimate of drug-likeness (QED) is 0.808. The van der Waals surface area contributed by atoms with Gasteiger partial charge in [0.1, 0.15) is 5.75 Å². The Labute approximate surface area is 157 Å². The van der Waals surface area contributed by atoms with Gasteiger partial charge in [-0.2, -0.15) is 0 Å². The Hall–Kier alpha value is -1.97. The zero-order valence-corrected chi connectivity index (χ0v) is 16.2. The molecule has 1 heterocycles. The smallest absolute Gasteiger partial charge is 0.261 e. The fourth-order valence-corrected chi connectivity index (χ4v) is 5.64.